The van der Waals surface area contributed by atoms with Crippen LogP contribution in [0.4, 0.5) is 5.69 Å². The summed E-state index contributed by atoms with van der Waals surface area (Å²) in [4.78, 5) is 38.3. The van der Waals surface area contributed by atoms with Gasteiger partial charge in [0.25, 0.3) is 0 Å². The number of hydrogen-bond donors (Lipinski definition) is 1. The van der Waals surface area contributed by atoms with Crippen LogP contribution in [0.15, 0.2) is 47.4 Å². The molecule has 0 radical (unpaired) electrons. The largest absolute Gasteiger partial charge is 0.478 e. The van der Waals surface area contributed by atoms with E-state index in [2.05, 4.69) is 0 Å². The van der Waals surface area contributed by atoms with Gasteiger partial charge in [0, 0.05) is 11.3 Å². The third-order valence-corrected chi connectivity index (χ3v) is 5.36. The van der Waals surface area contributed by atoms with Crippen molar-refractivity contribution in [2.45, 2.75) is 30.4 Å². The Hall–Kier alpha value is -2.60. The molecular weight excluding hydrogens is 338 g/mol. The summed E-state index contributed by atoms with van der Waals surface area (Å²) in [5.41, 5.74) is 2.56. The fourth-order valence-corrected chi connectivity index (χ4v) is 3.99. The summed E-state index contributed by atoms with van der Waals surface area (Å²) in [6.07, 6.45) is 0.0604. The fourth-order valence-electron chi connectivity index (χ4n) is 2.81. The van der Waals surface area contributed by atoms with Crippen LogP contribution in [0.1, 0.15) is 27.9 Å². The molecule has 128 valence electrons. The minimum Gasteiger partial charge on any atom is -0.478 e. The fraction of sp³-hybridized carbons (Fsp3) is 0.211. The van der Waals surface area contributed by atoms with Crippen LogP contribution in [-0.2, 0) is 9.59 Å². The molecule has 0 bridgehead atoms. The van der Waals surface area contributed by atoms with Crippen LogP contribution < -0.4 is 4.90 Å². The van der Waals surface area contributed by atoms with Gasteiger partial charge in [0.05, 0.1) is 16.5 Å². The molecule has 5 nitrogen and oxygen atoms in total. The number of benzene rings is 2. The average molecular weight is 355 g/mol. The average Bonchev–Trinajstić information content (AvgIpc) is 2.84. The number of carbonyl (C=O) groups is 3. The lowest BCUT2D eigenvalue weighted by molar-refractivity contribution is -0.121. The van der Waals surface area contributed by atoms with Crippen molar-refractivity contribution in [3.8, 4) is 0 Å². The number of hydrogen-bond acceptors (Lipinski definition) is 4. The van der Waals surface area contributed by atoms with Gasteiger partial charge in [-0.1, -0.05) is 24.3 Å². The highest BCUT2D eigenvalue weighted by molar-refractivity contribution is 8.00. The van der Waals surface area contributed by atoms with E-state index >= 15 is 0 Å². The smallest absolute Gasteiger partial charge is 0.336 e. The van der Waals surface area contributed by atoms with Crippen molar-refractivity contribution in [1.82, 2.24) is 0 Å². The van der Waals surface area contributed by atoms with E-state index in [0.29, 0.717) is 10.6 Å². The molecule has 1 aliphatic rings. The monoisotopic (exact) mass is 355 g/mol. The predicted molar refractivity (Wildman–Crippen MR) is 96.1 cm³/mol. The van der Waals surface area contributed by atoms with Gasteiger partial charge in [0.15, 0.2) is 0 Å². The molecule has 0 aliphatic carbocycles. The first-order chi connectivity index (χ1) is 11.9. The van der Waals surface area contributed by atoms with E-state index in [9.17, 15) is 19.5 Å². The number of rotatable bonds is 4. The van der Waals surface area contributed by atoms with Crippen molar-refractivity contribution in [3.05, 3.63) is 59.2 Å². The van der Waals surface area contributed by atoms with Gasteiger partial charge in [-0.25, -0.2) is 9.69 Å². The second-order valence-electron chi connectivity index (χ2n) is 5.97. The first-order valence-electron chi connectivity index (χ1n) is 7.81. The normalized spacial score (nSPS) is 17.2. The third-order valence-electron chi connectivity index (χ3n) is 4.10. The number of amides is 2. The van der Waals surface area contributed by atoms with Gasteiger partial charge in [0.2, 0.25) is 11.8 Å². The summed E-state index contributed by atoms with van der Waals surface area (Å²) >= 11 is 1.13. The van der Waals surface area contributed by atoms with Crippen molar-refractivity contribution in [1.29, 1.82) is 0 Å². The third kappa shape index (κ3) is 3.30. The molecule has 6 heteroatoms. The summed E-state index contributed by atoms with van der Waals surface area (Å²) in [5.74, 6) is -1.61. The van der Waals surface area contributed by atoms with Crippen LogP contribution in [0.3, 0.4) is 0 Å². The summed E-state index contributed by atoms with van der Waals surface area (Å²) in [5, 5.41) is 8.66. The van der Waals surface area contributed by atoms with Gasteiger partial charge >= 0.3 is 5.97 Å². The Labute approximate surface area is 149 Å². The molecule has 2 aromatic rings. The Morgan fingerprint density at radius 2 is 1.88 bits per heavy atom. The van der Waals surface area contributed by atoms with E-state index < -0.39 is 11.2 Å². The molecule has 0 saturated carbocycles. The second kappa shape index (κ2) is 6.72. The number of imide groups is 1. The SMILES string of the molecule is Cc1ccc(C)c(N2C(=O)C[C@H](Sc3ccccc3C(=O)O)C2=O)c1. The molecule has 1 fully saturated rings. The quantitative estimate of drug-likeness (QED) is 0.851. The highest BCUT2D eigenvalue weighted by atomic mass is 32.2. The van der Waals surface area contributed by atoms with Gasteiger partial charge in [-0.05, 0) is 43.2 Å². The summed E-state index contributed by atoms with van der Waals surface area (Å²) in [6.45, 7) is 3.76. The van der Waals surface area contributed by atoms with E-state index in [-0.39, 0.29) is 23.8 Å². The summed E-state index contributed by atoms with van der Waals surface area (Å²) < 4.78 is 0. The Bertz CT molecular complexity index is 877. The predicted octanol–water partition coefficient (Wildman–Crippen LogP) is 3.43. The van der Waals surface area contributed by atoms with E-state index in [4.69, 9.17) is 0 Å². The van der Waals surface area contributed by atoms with Gasteiger partial charge in [-0.15, -0.1) is 11.8 Å². The molecule has 1 heterocycles. The minimum absolute atomic E-state index is 0.0604. The first-order valence-corrected chi connectivity index (χ1v) is 8.69. The van der Waals surface area contributed by atoms with Crippen molar-refractivity contribution >= 4 is 35.2 Å². The maximum absolute atomic E-state index is 12.8. The highest BCUT2D eigenvalue weighted by Gasteiger charge is 2.41. The number of carboxylic acids is 1. The van der Waals surface area contributed by atoms with Gasteiger partial charge in [-0.2, -0.15) is 0 Å². The van der Waals surface area contributed by atoms with Crippen LogP contribution in [0.25, 0.3) is 0 Å². The molecule has 1 N–H and O–H groups in total. The lowest BCUT2D eigenvalue weighted by atomic mass is 10.1. The Balaban J connectivity index is 1.90. The Morgan fingerprint density at radius 3 is 2.60 bits per heavy atom. The number of carbonyl (C=O) groups excluding carboxylic acids is 2. The molecule has 3 rings (SSSR count). The van der Waals surface area contributed by atoms with Crippen LogP contribution in [-0.4, -0.2) is 28.1 Å². The van der Waals surface area contributed by atoms with Crippen LogP contribution in [0.2, 0.25) is 0 Å². The number of aryl methyl sites for hydroxylation is 2. The standard InChI is InChI=1S/C19H17NO4S/c1-11-7-8-12(2)14(9-11)20-17(21)10-16(18(20)22)25-15-6-4-3-5-13(15)19(23)24/h3-9,16H,10H2,1-2H3,(H,23,24)/t16-/m0/s1. The van der Waals surface area contributed by atoms with Crippen LogP contribution in [0.5, 0.6) is 0 Å². The molecule has 2 aromatic carbocycles. The number of aromatic carboxylic acids is 1. The van der Waals surface area contributed by atoms with E-state index in [1.165, 1.54) is 11.0 Å². The van der Waals surface area contributed by atoms with Gasteiger partial charge in [-0.3, -0.25) is 9.59 Å². The van der Waals surface area contributed by atoms with Crippen molar-refractivity contribution in [2.24, 2.45) is 0 Å². The zero-order chi connectivity index (χ0) is 18.1. The number of nitrogens with zero attached hydrogens (tertiary/aromatic N) is 1. The highest BCUT2D eigenvalue weighted by Crippen LogP contribution is 2.36. The lowest BCUT2D eigenvalue weighted by Crippen LogP contribution is -2.31. The molecule has 25 heavy (non-hydrogen) atoms. The maximum atomic E-state index is 12.8. The molecule has 0 spiro atoms. The topological polar surface area (TPSA) is 74.7 Å². The van der Waals surface area contributed by atoms with Gasteiger partial charge < -0.3 is 5.11 Å². The Kier molecular flexibility index (Phi) is 4.63. The summed E-state index contributed by atoms with van der Waals surface area (Å²) in [7, 11) is 0. The van der Waals surface area contributed by atoms with Crippen LogP contribution in [0, 0.1) is 13.8 Å². The molecular formula is C19H17NO4S. The number of carboxylic acid groups (broad SMARTS) is 1. The zero-order valence-corrected chi connectivity index (χ0v) is 14.7. The molecule has 0 aromatic heterocycles. The number of thioether (sulfide) groups is 1. The Morgan fingerprint density at radius 1 is 1.16 bits per heavy atom. The molecule has 1 aliphatic heterocycles. The molecule has 1 atom stereocenters. The summed E-state index contributed by atoms with van der Waals surface area (Å²) in [6, 6.07) is 12.1. The first kappa shape index (κ1) is 17.2. The maximum Gasteiger partial charge on any atom is 0.336 e. The second-order valence-corrected chi connectivity index (χ2v) is 7.21. The van der Waals surface area contributed by atoms with Crippen molar-refractivity contribution < 1.29 is 19.5 Å². The van der Waals surface area contributed by atoms with Crippen LogP contribution >= 0.6 is 11.8 Å². The van der Waals surface area contributed by atoms with E-state index in [0.717, 1.165) is 22.9 Å². The molecule has 0 unspecified atom stereocenters. The van der Waals surface area contributed by atoms with Crippen molar-refractivity contribution in [2.75, 3.05) is 4.90 Å². The van der Waals surface area contributed by atoms with E-state index in [1.807, 2.05) is 32.0 Å². The lowest BCUT2D eigenvalue weighted by Gasteiger charge is -2.18. The molecule has 2 amide bonds. The molecule has 1 saturated heterocycles. The van der Waals surface area contributed by atoms with E-state index in [1.54, 1.807) is 18.2 Å². The minimum atomic E-state index is -1.05. The zero-order valence-electron chi connectivity index (χ0n) is 13.9. The van der Waals surface area contributed by atoms with Gasteiger partial charge in [0.1, 0.15) is 0 Å². The van der Waals surface area contributed by atoms with Crippen molar-refractivity contribution in [3.63, 3.8) is 0 Å². The number of anilines is 1.